The molecule has 1 unspecified atom stereocenters. The predicted molar refractivity (Wildman–Crippen MR) is 52.0 cm³/mol. The van der Waals surface area contributed by atoms with Gasteiger partial charge in [0.05, 0.1) is 17.9 Å². The smallest absolute Gasteiger partial charge is 0.227 e. The van der Waals surface area contributed by atoms with Crippen molar-refractivity contribution in [3.8, 4) is 11.4 Å². The highest BCUT2D eigenvalue weighted by Gasteiger charge is 2.09. The molecule has 1 atom stereocenters. The summed E-state index contributed by atoms with van der Waals surface area (Å²) >= 11 is 0. The molecule has 0 aliphatic rings. The second-order valence-corrected chi connectivity index (χ2v) is 3.41. The van der Waals surface area contributed by atoms with Crippen molar-refractivity contribution in [1.82, 2.24) is 10.1 Å². The Balaban J connectivity index is 2.04. The van der Waals surface area contributed by atoms with E-state index in [1.807, 2.05) is 0 Å². The minimum absolute atomic E-state index is 0.353. The van der Waals surface area contributed by atoms with Crippen LogP contribution in [0.5, 0.6) is 0 Å². The molecule has 80 valence electrons. The van der Waals surface area contributed by atoms with Gasteiger partial charge in [-0.1, -0.05) is 5.16 Å². The van der Waals surface area contributed by atoms with E-state index >= 15 is 0 Å². The van der Waals surface area contributed by atoms with E-state index in [1.165, 1.54) is 0 Å². The zero-order chi connectivity index (χ0) is 10.7. The number of aliphatic hydroxyl groups is 1. The third kappa shape index (κ3) is 2.44. The molecule has 0 saturated carbocycles. The average molecular weight is 208 g/mol. The zero-order valence-electron chi connectivity index (χ0n) is 8.38. The molecule has 15 heavy (non-hydrogen) atoms. The Bertz CT molecular complexity index is 406. The molecule has 0 bridgehead atoms. The normalized spacial score (nSPS) is 12.9. The van der Waals surface area contributed by atoms with Gasteiger partial charge in [0, 0.05) is 6.42 Å². The predicted octanol–water partition coefficient (Wildman–Crippen LogP) is 1.64. The van der Waals surface area contributed by atoms with Crippen LogP contribution in [0.1, 0.15) is 19.2 Å². The van der Waals surface area contributed by atoms with Crippen LogP contribution in [-0.4, -0.2) is 21.4 Å². The molecule has 0 aromatic carbocycles. The van der Waals surface area contributed by atoms with Crippen LogP contribution in [0.3, 0.4) is 0 Å². The quantitative estimate of drug-likeness (QED) is 0.826. The minimum atomic E-state index is -0.353. The summed E-state index contributed by atoms with van der Waals surface area (Å²) in [5, 5.41) is 12.9. The van der Waals surface area contributed by atoms with E-state index in [0.29, 0.717) is 24.6 Å². The van der Waals surface area contributed by atoms with Gasteiger partial charge in [-0.25, -0.2) is 0 Å². The summed E-state index contributed by atoms with van der Waals surface area (Å²) in [6, 6.07) is 1.77. The summed E-state index contributed by atoms with van der Waals surface area (Å²) in [6.07, 6.45) is 3.97. The first-order chi connectivity index (χ1) is 7.25. The Kier molecular flexibility index (Phi) is 2.82. The summed E-state index contributed by atoms with van der Waals surface area (Å²) in [6.45, 7) is 1.73. The van der Waals surface area contributed by atoms with E-state index in [9.17, 15) is 0 Å². The maximum absolute atomic E-state index is 9.10. The highest BCUT2D eigenvalue weighted by atomic mass is 16.5. The first-order valence-corrected chi connectivity index (χ1v) is 4.79. The Morgan fingerprint density at radius 1 is 1.53 bits per heavy atom. The molecule has 0 aliphatic carbocycles. The molecule has 2 aromatic rings. The van der Waals surface area contributed by atoms with Gasteiger partial charge in [-0.15, -0.1) is 0 Å². The lowest BCUT2D eigenvalue weighted by Gasteiger charge is -1.97. The molecule has 5 nitrogen and oxygen atoms in total. The number of rotatable bonds is 4. The lowest BCUT2D eigenvalue weighted by molar-refractivity contribution is 0.180. The van der Waals surface area contributed by atoms with Gasteiger partial charge >= 0.3 is 0 Å². The van der Waals surface area contributed by atoms with Gasteiger partial charge in [0.2, 0.25) is 11.7 Å². The standard InChI is InChI=1S/C10H12N2O3/c1-7(13)2-3-9-11-10(12-15-9)8-4-5-14-6-8/h4-7,13H,2-3H2,1H3. The van der Waals surface area contributed by atoms with Gasteiger partial charge in [0.25, 0.3) is 0 Å². The van der Waals surface area contributed by atoms with Gasteiger partial charge < -0.3 is 14.0 Å². The van der Waals surface area contributed by atoms with Crippen LogP contribution in [-0.2, 0) is 6.42 Å². The third-order valence-electron chi connectivity index (χ3n) is 2.02. The van der Waals surface area contributed by atoms with Crippen molar-refractivity contribution in [1.29, 1.82) is 0 Å². The summed E-state index contributed by atoms with van der Waals surface area (Å²) in [5.74, 6) is 1.05. The molecule has 2 aromatic heterocycles. The summed E-state index contributed by atoms with van der Waals surface area (Å²) in [7, 11) is 0. The fraction of sp³-hybridized carbons (Fsp3) is 0.400. The number of hydrogen-bond donors (Lipinski definition) is 1. The number of aryl methyl sites for hydroxylation is 1. The van der Waals surface area contributed by atoms with Gasteiger partial charge in [0.15, 0.2) is 0 Å². The van der Waals surface area contributed by atoms with Crippen molar-refractivity contribution in [3.05, 3.63) is 24.5 Å². The van der Waals surface area contributed by atoms with Crippen molar-refractivity contribution in [2.45, 2.75) is 25.9 Å². The Labute approximate surface area is 86.7 Å². The van der Waals surface area contributed by atoms with E-state index in [1.54, 1.807) is 25.5 Å². The molecular formula is C10H12N2O3. The number of aromatic nitrogens is 2. The van der Waals surface area contributed by atoms with Gasteiger partial charge in [-0.2, -0.15) is 4.98 Å². The van der Waals surface area contributed by atoms with Gasteiger partial charge in [-0.3, -0.25) is 0 Å². The molecular weight excluding hydrogens is 196 g/mol. The van der Waals surface area contributed by atoms with E-state index in [0.717, 1.165) is 5.56 Å². The van der Waals surface area contributed by atoms with Crippen LogP contribution in [0.15, 0.2) is 27.5 Å². The van der Waals surface area contributed by atoms with E-state index < -0.39 is 0 Å². The number of hydrogen-bond acceptors (Lipinski definition) is 5. The van der Waals surface area contributed by atoms with E-state index in [-0.39, 0.29) is 6.10 Å². The molecule has 0 amide bonds. The van der Waals surface area contributed by atoms with Crippen LogP contribution >= 0.6 is 0 Å². The lowest BCUT2D eigenvalue weighted by atomic mass is 10.2. The summed E-state index contributed by atoms with van der Waals surface area (Å²) < 4.78 is 9.94. The summed E-state index contributed by atoms with van der Waals surface area (Å²) in [5.41, 5.74) is 0.794. The average Bonchev–Trinajstić information content (AvgIpc) is 2.85. The highest BCUT2D eigenvalue weighted by Crippen LogP contribution is 2.16. The van der Waals surface area contributed by atoms with Crippen molar-refractivity contribution >= 4 is 0 Å². The van der Waals surface area contributed by atoms with Crippen molar-refractivity contribution in [3.63, 3.8) is 0 Å². The van der Waals surface area contributed by atoms with Gasteiger partial charge in [0.1, 0.15) is 6.26 Å². The monoisotopic (exact) mass is 208 g/mol. The third-order valence-corrected chi connectivity index (χ3v) is 2.02. The zero-order valence-corrected chi connectivity index (χ0v) is 8.38. The van der Waals surface area contributed by atoms with Crippen LogP contribution in [0.2, 0.25) is 0 Å². The molecule has 5 heteroatoms. The van der Waals surface area contributed by atoms with E-state index in [2.05, 4.69) is 10.1 Å². The Morgan fingerprint density at radius 2 is 2.40 bits per heavy atom. The van der Waals surface area contributed by atoms with E-state index in [4.69, 9.17) is 14.0 Å². The molecule has 0 aliphatic heterocycles. The maximum atomic E-state index is 9.10. The molecule has 0 radical (unpaired) electrons. The number of furan rings is 1. The first-order valence-electron chi connectivity index (χ1n) is 4.79. The highest BCUT2D eigenvalue weighted by molar-refractivity contribution is 5.51. The second kappa shape index (κ2) is 4.27. The topological polar surface area (TPSA) is 72.3 Å². The largest absolute Gasteiger partial charge is 0.472 e. The Morgan fingerprint density at radius 3 is 3.07 bits per heavy atom. The molecule has 1 N–H and O–H groups in total. The number of aliphatic hydroxyl groups excluding tert-OH is 1. The van der Waals surface area contributed by atoms with Crippen LogP contribution in [0, 0.1) is 0 Å². The maximum Gasteiger partial charge on any atom is 0.227 e. The molecule has 2 rings (SSSR count). The molecule has 0 fully saturated rings. The number of nitrogens with zero attached hydrogens (tertiary/aromatic N) is 2. The van der Waals surface area contributed by atoms with Crippen molar-refractivity contribution in [2.75, 3.05) is 0 Å². The van der Waals surface area contributed by atoms with Gasteiger partial charge in [-0.05, 0) is 19.4 Å². The van der Waals surface area contributed by atoms with Crippen LogP contribution in [0.25, 0.3) is 11.4 Å². The molecule has 2 heterocycles. The lowest BCUT2D eigenvalue weighted by Crippen LogP contribution is -2.01. The van der Waals surface area contributed by atoms with Crippen molar-refractivity contribution < 1.29 is 14.0 Å². The fourth-order valence-corrected chi connectivity index (χ4v) is 1.20. The first kappa shape index (κ1) is 9.92. The van der Waals surface area contributed by atoms with Crippen LogP contribution < -0.4 is 0 Å². The van der Waals surface area contributed by atoms with Crippen molar-refractivity contribution in [2.24, 2.45) is 0 Å². The minimum Gasteiger partial charge on any atom is -0.472 e. The van der Waals surface area contributed by atoms with Crippen LogP contribution in [0.4, 0.5) is 0 Å². The second-order valence-electron chi connectivity index (χ2n) is 3.41. The Hall–Kier alpha value is -1.62. The fourth-order valence-electron chi connectivity index (χ4n) is 1.20. The molecule has 0 spiro atoms. The molecule has 0 saturated heterocycles. The SMILES string of the molecule is CC(O)CCc1nc(-c2ccoc2)no1. The summed E-state index contributed by atoms with van der Waals surface area (Å²) in [4.78, 5) is 4.18.